The molecule has 0 fully saturated rings. The lowest BCUT2D eigenvalue weighted by Gasteiger charge is -2.23. The summed E-state index contributed by atoms with van der Waals surface area (Å²) in [7, 11) is 0. The number of nitrogens with zero attached hydrogens (tertiary/aromatic N) is 1. The predicted octanol–water partition coefficient (Wildman–Crippen LogP) is 4.44. The second-order valence-corrected chi connectivity index (χ2v) is 5.08. The van der Waals surface area contributed by atoms with Gasteiger partial charge in [-0.2, -0.15) is 0 Å². The molecule has 0 aliphatic carbocycles. The number of benzene rings is 2. The Hall–Kier alpha value is -1.41. The van der Waals surface area contributed by atoms with Crippen LogP contribution in [0, 0.1) is 0 Å². The maximum absolute atomic E-state index is 2.39. The van der Waals surface area contributed by atoms with Gasteiger partial charge in [-0.05, 0) is 43.0 Å². The Morgan fingerprint density at radius 1 is 0.944 bits per heavy atom. The molecule has 0 heterocycles. The summed E-state index contributed by atoms with van der Waals surface area (Å²) < 4.78 is 0. The molecule has 0 spiro atoms. The van der Waals surface area contributed by atoms with Crippen molar-refractivity contribution in [3.05, 3.63) is 60.2 Å². The van der Waals surface area contributed by atoms with Crippen molar-refractivity contribution < 1.29 is 0 Å². The molecule has 2 heteroatoms. The molecule has 0 bridgehead atoms. The van der Waals surface area contributed by atoms with Crippen molar-refractivity contribution in [3.63, 3.8) is 0 Å². The Labute approximate surface area is 114 Å². The lowest BCUT2D eigenvalue weighted by atomic mass is 10.2. The SMILES string of the molecule is CCN(Cc1ccccc1)c1ccc(SC)cc1. The minimum atomic E-state index is 0.968. The van der Waals surface area contributed by atoms with Crippen LogP contribution in [-0.4, -0.2) is 12.8 Å². The van der Waals surface area contributed by atoms with E-state index in [1.807, 2.05) is 0 Å². The van der Waals surface area contributed by atoms with Crippen LogP contribution in [0.15, 0.2) is 59.5 Å². The Balaban J connectivity index is 2.12. The van der Waals surface area contributed by atoms with E-state index >= 15 is 0 Å². The van der Waals surface area contributed by atoms with Gasteiger partial charge in [0, 0.05) is 23.7 Å². The fraction of sp³-hybridized carbons (Fsp3) is 0.250. The summed E-state index contributed by atoms with van der Waals surface area (Å²) >= 11 is 1.78. The van der Waals surface area contributed by atoms with Gasteiger partial charge in [0.15, 0.2) is 0 Å². The van der Waals surface area contributed by atoms with Crippen LogP contribution in [0.25, 0.3) is 0 Å². The fourth-order valence-electron chi connectivity index (χ4n) is 1.98. The summed E-state index contributed by atoms with van der Waals surface area (Å²) in [4.78, 5) is 3.70. The van der Waals surface area contributed by atoms with E-state index in [4.69, 9.17) is 0 Å². The third kappa shape index (κ3) is 3.30. The summed E-state index contributed by atoms with van der Waals surface area (Å²) in [5.74, 6) is 0. The van der Waals surface area contributed by atoms with Crippen molar-refractivity contribution in [1.29, 1.82) is 0 Å². The topological polar surface area (TPSA) is 3.24 Å². The van der Waals surface area contributed by atoms with Crippen molar-refractivity contribution in [2.75, 3.05) is 17.7 Å². The Morgan fingerprint density at radius 3 is 2.17 bits per heavy atom. The molecule has 0 amide bonds. The number of hydrogen-bond acceptors (Lipinski definition) is 2. The molecule has 18 heavy (non-hydrogen) atoms. The first-order valence-electron chi connectivity index (χ1n) is 6.26. The van der Waals surface area contributed by atoms with Crippen molar-refractivity contribution in [1.82, 2.24) is 0 Å². The zero-order valence-corrected chi connectivity index (χ0v) is 11.8. The van der Waals surface area contributed by atoms with Crippen molar-refractivity contribution in [3.8, 4) is 0 Å². The Bertz CT molecular complexity index is 464. The normalized spacial score (nSPS) is 10.3. The van der Waals surface area contributed by atoms with Crippen molar-refractivity contribution >= 4 is 17.4 Å². The molecule has 2 aromatic carbocycles. The average Bonchev–Trinajstić information content (AvgIpc) is 2.46. The van der Waals surface area contributed by atoms with Gasteiger partial charge in [0.05, 0.1) is 0 Å². The molecule has 0 radical (unpaired) electrons. The number of hydrogen-bond donors (Lipinski definition) is 0. The van der Waals surface area contributed by atoms with Gasteiger partial charge in [0.2, 0.25) is 0 Å². The van der Waals surface area contributed by atoms with Crippen LogP contribution in [0.1, 0.15) is 12.5 Å². The maximum Gasteiger partial charge on any atom is 0.0429 e. The van der Waals surface area contributed by atoms with E-state index in [2.05, 4.69) is 72.7 Å². The van der Waals surface area contributed by atoms with Gasteiger partial charge >= 0.3 is 0 Å². The van der Waals surface area contributed by atoms with E-state index < -0.39 is 0 Å². The second kappa shape index (κ2) is 6.50. The highest BCUT2D eigenvalue weighted by molar-refractivity contribution is 7.98. The predicted molar refractivity (Wildman–Crippen MR) is 81.4 cm³/mol. The zero-order valence-electron chi connectivity index (χ0n) is 11.0. The number of thioether (sulfide) groups is 1. The molecule has 1 nitrogen and oxygen atoms in total. The van der Waals surface area contributed by atoms with Crippen LogP contribution in [0.2, 0.25) is 0 Å². The molecular formula is C16H19NS. The molecule has 0 N–H and O–H groups in total. The quantitative estimate of drug-likeness (QED) is 0.729. The number of rotatable bonds is 5. The van der Waals surface area contributed by atoms with E-state index in [9.17, 15) is 0 Å². The van der Waals surface area contributed by atoms with E-state index in [1.54, 1.807) is 11.8 Å². The highest BCUT2D eigenvalue weighted by atomic mass is 32.2. The number of anilines is 1. The minimum absolute atomic E-state index is 0.968. The Morgan fingerprint density at radius 2 is 1.61 bits per heavy atom. The zero-order chi connectivity index (χ0) is 12.8. The van der Waals surface area contributed by atoms with Crippen molar-refractivity contribution in [2.24, 2.45) is 0 Å². The monoisotopic (exact) mass is 257 g/mol. The largest absolute Gasteiger partial charge is 0.367 e. The van der Waals surface area contributed by atoms with Gasteiger partial charge in [-0.1, -0.05) is 30.3 Å². The third-order valence-electron chi connectivity index (χ3n) is 3.04. The molecule has 0 atom stereocenters. The highest BCUT2D eigenvalue weighted by Crippen LogP contribution is 2.21. The summed E-state index contributed by atoms with van der Waals surface area (Å²) in [6, 6.07) is 19.4. The maximum atomic E-state index is 2.39. The molecule has 0 aliphatic rings. The van der Waals surface area contributed by atoms with Gasteiger partial charge in [-0.25, -0.2) is 0 Å². The lowest BCUT2D eigenvalue weighted by molar-refractivity contribution is 0.831. The van der Waals surface area contributed by atoms with Gasteiger partial charge < -0.3 is 4.90 Å². The first-order valence-corrected chi connectivity index (χ1v) is 7.49. The minimum Gasteiger partial charge on any atom is -0.367 e. The van der Waals surface area contributed by atoms with Gasteiger partial charge in [0.1, 0.15) is 0 Å². The van der Waals surface area contributed by atoms with Crippen LogP contribution >= 0.6 is 11.8 Å². The molecule has 2 aromatic rings. The Kier molecular flexibility index (Phi) is 4.71. The molecule has 0 saturated carbocycles. The molecule has 94 valence electrons. The first-order chi connectivity index (χ1) is 8.83. The lowest BCUT2D eigenvalue weighted by Crippen LogP contribution is -2.21. The van der Waals surface area contributed by atoms with Crippen LogP contribution in [0.4, 0.5) is 5.69 Å². The van der Waals surface area contributed by atoms with Crippen LogP contribution in [0.3, 0.4) is 0 Å². The first kappa shape index (κ1) is 13.0. The molecule has 0 aliphatic heterocycles. The van der Waals surface area contributed by atoms with E-state index in [0.717, 1.165) is 13.1 Å². The summed E-state index contributed by atoms with van der Waals surface area (Å²) in [5, 5.41) is 0. The summed E-state index contributed by atoms with van der Waals surface area (Å²) in [6.45, 7) is 4.19. The molecule has 0 saturated heterocycles. The van der Waals surface area contributed by atoms with E-state index in [-0.39, 0.29) is 0 Å². The fourth-order valence-corrected chi connectivity index (χ4v) is 2.39. The van der Waals surface area contributed by atoms with Crippen LogP contribution in [-0.2, 0) is 6.54 Å². The van der Waals surface area contributed by atoms with Crippen LogP contribution < -0.4 is 4.90 Å². The van der Waals surface area contributed by atoms with Gasteiger partial charge in [-0.15, -0.1) is 11.8 Å². The highest BCUT2D eigenvalue weighted by Gasteiger charge is 2.04. The standard InChI is InChI=1S/C16H19NS/c1-3-17(13-14-7-5-4-6-8-14)15-9-11-16(18-2)12-10-15/h4-12H,3,13H2,1-2H3. The molecule has 2 rings (SSSR count). The van der Waals surface area contributed by atoms with Crippen LogP contribution in [0.5, 0.6) is 0 Å². The van der Waals surface area contributed by atoms with E-state index in [0.29, 0.717) is 0 Å². The van der Waals surface area contributed by atoms with E-state index in [1.165, 1.54) is 16.1 Å². The summed E-state index contributed by atoms with van der Waals surface area (Å²) in [6.07, 6.45) is 2.11. The second-order valence-electron chi connectivity index (χ2n) is 4.20. The molecule has 0 aromatic heterocycles. The van der Waals surface area contributed by atoms with Gasteiger partial charge in [0.25, 0.3) is 0 Å². The smallest absolute Gasteiger partial charge is 0.0429 e. The third-order valence-corrected chi connectivity index (χ3v) is 3.78. The van der Waals surface area contributed by atoms with Gasteiger partial charge in [-0.3, -0.25) is 0 Å². The van der Waals surface area contributed by atoms with Crippen molar-refractivity contribution in [2.45, 2.75) is 18.4 Å². The molecule has 0 unspecified atom stereocenters. The molecular weight excluding hydrogens is 238 g/mol. The summed E-state index contributed by atoms with van der Waals surface area (Å²) in [5.41, 5.74) is 2.65. The average molecular weight is 257 g/mol.